The number of amides is 1. The zero-order chi connectivity index (χ0) is 16.2. The molecule has 8 nitrogen and oxygen atoms in total. The van der Waals surface area contributed by atoms with Crippen LogP contribution in [0.15, 0.2) is 41.6 Å². The zero-order valence-electron chi connectivity index (χ0n) is 12.6. The predicted octanol–water partition coefficient (Wildman–Crippen LogP) is 0.434. The minimum Gasteiger partial charge on any atom is -0.354 e. The van der Waals surface area contributed by atoms with Crippen LogP contribution in [0.2, 0.25) is 0 Å². The molecule has 0 saturated carbocycles. The summed E-state index contributed by atoms with van der Waals surface area (Å²) in [5.74, 6) is -0.243. The number of fused-ring (bicyclic) bond motifs is 1. The maximum absolute atomic E-state index is 12.5. The molecule has 3 rings (SSSR count). The zero-order valence-corrected chi connectivity index (χ0v) is 12.6. The first-order valence-corrected chi connectivity index (χ1v) is 7.25. The van der Waals surface area contributed by atoms with Crippen molar-refractivity contribution in [3.8, 4) is 0 Å². The molecule has 2 aromatic heterocycles. The second kappa shape index (κ2) is 6.39. The van der Waals surface area contributed by atoms with Crippen LogP contribution in [-0.2, 0) is 11.2 Å². The summed E-state index contributed by atoms with van der Waals surface area (Å²) in [5, 5.41) is 13.4. The van der Waals surface area contributed by atoms with Crippen LogP contribution in [0.5, 0.6) is 0 Å². The summed E-state index contributed by atoms with van der Waals surface area (Å²) in [6.07, 6.45) is 3.58. The van der Waals surface area contributed by atoms with Gasteiger partial charge in [-0.05, 0) is 19.1 Å². The Kier molecular flexibility index (Phi) is 4.13. The van der Waals surface area contributed by atoms with Crippen LogP contribution < -0.4 is 10.9 Å². The second-order valence-electron chi connectivity index (χ2n) is 5.15. The molecule has 0 unspecified atom stereocenters. The molecular weight excluding hydrogens is 296 g/mol. The van der Waals surface area contributed by atoms with E-state index in [4.69, 9.17) is 0 Å². The number of nitrogens with one attached hydrogen (secondary N) is 2. The maximum Gasteiger partial charge on any atom is 0.261 e. The number of aromatic nitrogens is 5. The Morgan fingerprint density at radius 3 is 3.00 bits per heavy atom. The highest BCUT2D eigenvalue weighted by atomic mass is 16.2. The minimum atomic E-state index is -0.642. The summed E-state index contributed by atoms with van der Waals surface area (Å²) in [6.45, 7) is 2.09. The fourth-order valence-corrected chi connectivity index (χ4v) is 2.29. The first-order chi connectivity index (χ1) is 11.2. The average molecular weight is 312 g/mol. The maximum atomic E-state index is 12.5. The van der Waals surface area contributed by atoms with Gasteiger partial charge < -0.3 is 5.32 Å². The number of para-hydroxylation sites is 1. The second-order valence-corrected chi connectivity index (χ2v) is 5.15. The van der Waals surface area contributed by atoms with E-state index in [1.54, 1.807) is 31.3 Å². The van der Waals surface area contributed by atoms with Crippen LogP contribution in [0.4, 0.5) is 0 Å². The molecule has 3 aromatic rings. The van der Waals surface area contributed by atoms with Crippen molar-refractivity contribution in [2.24, 2.45) is 0 Å². The van der Waals surface area contributed by atoms with Gasteiger partial charge in [0.25, 0.3) is 5.56 Å². The fourth-order valence-electron chi connectivity index (χ4n) is 2.29. The third-order valence-electron chi connectivity index (χ3n) is 3.63. The molecule has 2 N–H and O–H groups in total. The lowest BCUT2D eigenvalue weighted by Crippen LogP contribution is -2.36. The largest absolute Gasteiger partial charge is 0.354 e. The number of nitrogens with zero attached hydrogens (tertiary/aromatic N) is 4. The highest BCUT2D eigenvalue weighted by molar-refractivity contribution is 5.81. The molecule has 0 aliphatic heterocycles. The van der Waals surface area contributed by atoms with Gasteiger partial charge in [-0.3, -0.25) is 14.2 Å². The van der Waals surface area contributed by atoms with Gasteiger partial charge in [-0.2, -0.15) is 15.4 Å². The molecule has 0 aliphatic rings. The molecule has 8 heteroatoms. The number of hydrogen-bond acceptors (Lipinski definition) is 5. The third-order valence-corrected chi connectivity index (χ3v) is 3.63. The van der Waals surface area contributed by atoms with E-state index in [9.17, 15) is 9.59 Å². The van der Waals surface area contributed by atoms with E-state index in [2.05, 4.69) is 25.7 Å². The van der Waals surface area contributed by atoms with Crippen molar-refractivity contribution in [3.63, 3.8) is 0 Å². The van der Waals surface area contributed by atoms with E-state index in [1.165, 1.54) is 10.9 Å². The van der Waals surface area contributed by atoms with E-state index in [1.807, 2.05) is 6.07 Å². The summed E-state index contributed by atoms with van der Waals surface area (Å²) < 4.78 is 1.34. The standard InChI is InChI=1S/C15H16N6O2/c1-10(14(22)16-7-6-11-8-18-20-19-11)21-9-17-13-5-3-2-4-12(13)15(21)23/h2-5,8-10H,6-7H2,1H3,(H,16,22)(H,18,19,20)/t10-/m1/s1. The number of rotatable bonds is 5. The SMILES string of the molecule is C[C@H](C(=O)NCCc1cn[nH]n1)n1cnc2ccccc2c1=O. The van der Waals surface area contributed by atoms with E-state index < -0.39 is 6.04 Å². The quantitative estimate of drug-likeness (QED) is 0.711. The molecule has 1 aromatic carbocycles. The molecule has 0 saturated heterocycles. The number of H-pyrrole nitrogens is 1. The van der Waals surface area contributed by atoms with E-state index >= 15 is 0 Å². The highest BCUT2D eigenvalue weighted by Crippen LogP contribution is 2.08. The smallest absolute Gasteiger partial charge is 0.261 e. The van der Waals surface area contributed by atoms with Crippen molar-refractivity contribution in [1.29, 1.82) is 0 Å². The third kappa shape index (κ3) is 3.10. The lowest BCUT2D eigenvalue weighted by molar-refractivity contribution is -0.123. The number of carbonyl (C=O) groups excluding carboxylic acids is 1. The summed E-state index contributed by atoms with van der Waals surface area (Å²) in [4.78, 5) is 28.9. The average Bonchev–Trinajstić information content (AvgIpc) is 3.08. The molecule has 0 spiro atoms. The predicted molar refractivity (Wildman–Crippen MR) is 83.8 cm³/mol. The number of benzene rings is 1. The number of carbonyl (C=O) groups is 1. The van der Waals surface area contributed by atoms with Gasteiger partial charge in [0.1, 0.15) is 6.04 Å². The van der Waals surface area contributed by atoms with E-state index in [-0.39, 0.29) is 11.5 Å². The fraction of sp³-hybridized carbons (Fsp3) is 0.267. The van der Waals surface area contributed by atoms with Crippen molar-refractivity contribution in [2.75, 3.05) is 6.54 Å². The molecule has 118 valence electrons. The Bertz CT molecular complexity index is 871. The van der Waals surface area contributed by atoms with Gasteiger partial charge in [0.05, 0.1) is 29.1 Å². The topological polar surface area (TPSA) is 106 Å². The van der Waals surface area contributed by atoms with Crippen molar-refractivity contribution < 1.29 is 4.79 Å². The molecule has 1 atom stereocenters. The summed E-state index contributed by atoms with van der Waals surface area (Å²) >= 11 is 0. The molecule has 23 heavy (non-hydrogen) atoms. The summed E-state index contributed by atoms with van der Waals surface area (Å²) in [7, 11) is 0. The minimum absolute atomic E-state index is 0.227. The van der Waals surface area contributed by atoms with Gasteiger partial charge in [-0.15, -0.1) is 0 Å². The van der Waals surface area contributed by atoms with Crippen LogP contribution in [0.25, 0.3) is 10.9 Å². The molecule has 1 amide bonds. The number of hydrogen-bond donors (Lipinski definition) is 2. The lowest BCUT2D eigenvalue weighted by Gasteiger charge is -2.15. The first kappa shape index (κ1) is 14.9. The van der Waals surface area contributed by atoms with Crippen molar-refractivity contribution in [1.82, 2.24) is 30.3 Å². The van der Waals surface area contributed by atoms with E-state index in [0.717, 1.165) is 5.69 Å². The van der Waals surface area contributed by atoms with E-state index in [0.29, 0.717) is 23.9 Å². The van der Waals surface area contributed by atoms with Crippen molar-refractivity contribution in [2.45, 2.75) is 19.4 Å². The van der Waals surface area contributed by atoms with Gasteiger partial charge in [0.15, 0.2) is 0 Å². The molecule has 0 fully saturated rings. The summed E-state index contributed by atoms with van der Waals surface area (Å²) in [5.41, 5.74) is 1.16. The Morgan fingerprint density at radius 2 is 2.22 bits per heavy atom. The summed E-state index contributed by atoms with van der Waals surface area (Å²) in [6, 6.07) is 6.43. The van der Waals surface area contributed by atoms with Crippen LogP contribution in [0.1, 0.15) is 18.7 Å². The van der Waals surface area contributed by atoms with Crippen LogP contribution >= 0.6 is 0 Å². The Hall–Kier alpha value is -3.03. The Labute approximate surface area is 131 Å². The number of aromatic amines is 1. The van der Waals surface area contributed by atoms with Crippen molar-refractivity contribution >= 4 is 16.8 Å². The normalized spacial score (nSPS) is 12.2. The molecule has 0 bridgehead atoms. The van der Waals surface area contributed by atoms with Gasteiger partial charge >= 0.3 is 0 Å². The molecule has 2 heterocycles. The highest BCUT2D eigenvalue weighted by Gasteiger charge is 2.17. The van der Waals surface area contributed by atoms with Gasteiger partial charge in [-0.25, -0.2) is 4.98 Å². The first-order valence-electron chi connectivity index (χ1n) is 7.25. The van der Waals surface area contributed by atoms with Crippen LogP contribution in [0.3, 0.4) is 0 Å². The Morgan fingerprint density at radius 1 is 1.39 bits per heavy atom. The monoisotopic (exact) mass is 312 g/mol. The van der Waals surface area contributed by atoms with Gasteiger partial charge in [0, 0.05) is 13.0 Å². The van der Waals surface area contributed by atoms with Crippen molar-refractivity contribution in [3.05, 3.63) is 52.8 Å². The van der Waals surface area contributed by atoms with Crippen LogP contribution in [-0.4, -0.2) is 37.4 Å². The molecule has 0 radical (unpaired) electrons. The molecule has 0 aliphatic carbocycles. The molecular formula is C15H16N6O2. The van der Waals surface area contributed by atoms with Crippen LogP contribution in [0, 0.1) is 0 Å². The Balaban J connectivity index is 1.72. The van der Waals surface area contributed by atoms with Gasteiger partial charge in [-0.1, -0.05) is 12.1 Å². The van der Waals surface area contributed by atoms with Gasteiger partial charge in [0.2, 0.25) is 5.91 Å². The lowest BCUT2D eigenvalue weighted by atomic mass is 10.2.